The molecule has 0 heterocycles. The molecule has 0 unspecified atom stereocenters. The van der Waals surface area contributed by atoms with E-state index in [-0.39, 0.29) is 5.91 Å². The molecule has 1 amide bonds. The molecule has 0 saturated carbocycles. The SMILES string of the molecule is CCOc1c(Br)cc(C(=O)NCC[NH+](C)C)cc1OC. The second-order valence-electron chi connectivity index (χ2n) is 4.64. The van der Waals surface area contributed by atoms with E-state index < -0.39 is 0 Å². The van der Waals surface area contributed by atoms with Crippen molar-refractivity contribution in [1.29, 1.82) is 0 Å². The Morgan fingerprint density at radius 2 is 2.10 bits per heavy atom. The van der Waals surface area contributed by atoms with E-state index >= 15 is 0 Å². The normalized spacial score (nSPS) is 10.5. The first kappa shape index (κ1) is 16.8. The minimum absolute atomic E-state index is 0.117. The van der Waals surface area contributed by atoms with Crippen LogP contribution < -0.4 is 19.7 Å². The molecule has 0 aromatic heterocycles. The predicted octanol–water partition coefficient (Wildman–Crippen LogP) is 0.731. The first-order chi connectivity index (χ1) is 9.49. The summed E-state index contributed by atoms with van der Waals surface area (Å²) in [5.41, 5.74) is 0.547. The summed E-state index contributed by atoms with van der Waals surface area (Å²) in [6.07, 6.45) is 0. The van der Waals surface area contributed by atoms with Gasteiger partial charge in [-0.2, -0.15) is 0 Å². The fourth-order valence-electron chi connectivity index (χ4n) is 1.66. The van der Waals surface area contributed by atoms with Gasteiger partial charge in [0.1, 0.15) is 0 Å². The van der Waals surface area contributed by atoms with Gasteiger partial charge in [-0.3, -0.25) is 4.79 Å². The maximum Gasteiger partial charge on any atom is 0.251 e. The molecular formula is C14H22BrN2O3+. The molecule has 0 aliphatic rings. The van der Waals surface area contributed by atoms with E-state index in [9.17, 15) is 4.79 Å². The van der Waals surface area contributed by atoms with Crippen LogP contribution in [0.25, 0.3) is 0 Å². The fourth-order valence-corrected chi connectivity index (χ4v) is 2.22. The summed E-state index contributed by atoms with van der Waals surface area (Å²) in [6, 6.07) is 3.43. The molecule has 0 fully saturated rings. The lowest BCUT2D eigenvalue weighted by Gasteiger charge is -2.13. The van der Waals surface area contributed by atoms with Crippen molar-refractivity contribution in [3.8, 4) is 11.5 Å². The van der Waals surface area contributed by atoms with Crippen molar-refractivity contribution in [2.24, 2.45) is 0 Å². The van der Waals surface area contributed by atoms with Crippen molar-refractivity contribution in [2.75, 3.05) is 40.9 Å². The highest BCUT2D eigenvalue weighted by atomic mass is 79.9. The molecule has 5 nitrogen and oxygen atoms in total. The number of hydrogen-bond acceptors (Lipinski definition) is 3. The number of carbonyl (C=O) groups is 1. The van der Waals surface area contributed by atoms with Crippen LogP contribution in [0.4, 0.5) is 0 Å². The molecule has 0 bridgehead atoms. The molecule has 20 heavy (non-hydrogen) atoms. The largest absolute Gasteiger partial charge is 0.493 e. The van der Waals surface area contributed by atoms with Crippen LogP contribution in [0.3, 0.4) is 0 Å². The third-order valence-electron chi connectivity index (χ3n) is 2.69. The number of hydrogen-bond donors (Lipinski definition) is 2. The van der Waals surface area contributed by atoms with Gasteiger partial charge in [0.2, 0.25) is 0 Å². The summed E-state index contributed by atoms with van der Waals surface area (Å²) in [4.78, 5) is 13.4. The zero-order chi connectivity index (χ0) is 15.1. The molecule has 0 saturated heterocycles. The minimum Gasteiger partial charge on any atom is -0.493 e. The molecule has 0 atom stereocenters. The van der Waals surface area contributed by atoms with Crippen LogP contribution >= 0.6 is 15.9 Å². The Bertz CT molecular complexity index is 464. The van der Waals surface area contributed by atoms with Crippen LogP contribution in [0.5, 0.6) is 11.5 Å². The average molecular weight is 346 g/mol. The molecule has 1 aromatic rings. The maximum atomic E-state index is 12.1. The average Bonchev–Trinajstić information content (AvgIpc) is 2.40. The van der Waals surface area contributed by atoms with Crippen molar-refractivity contribution in [3.05, 3.63) is 22.2 Å². The summed E-state index contributed by atoms with van der Waals surface area (Å²) in [5.74, 6) is 1.04. The van der Waals surface area contributed by atoms with E-state index in [4.69, 9.17) is 9.47 Å². The van der Waals surface area contributed by atoms with Crippen molar-refractivity contribution in [3.63, 3.8) is 0 Å². The van der Waals surface area contributed by atoms with Gasteiger partial charge in [-0.25, -0.2) is 0 Å². The molecule has 1 rings (SSSR count). The number of likely N-dealkylation sites (N-methyl/N-ethyl adjacent to an activating group) is 1. The van der Waals surface area contributed by atoms with Crippen LogP contribution in [0.2, 0.25) is 0 Å². The van der Waals surface area contributed by atoms with E-state index in [1.54, 1.807) is 19.2 Å². The van der Waals surface area contributed by atoms with Crippen LogP contribution in [-0.4, -0.2) is 46.8 Å². The van der Waals surface area contributed by atoms with E-state index in [0.717, 1.165) is 6.54 Å². The van der Waals surface area contributed by atoms with Crippen LogP contribution in [0.15, 0.2) is 16.6 Å². The van der Waals surface area contributed by atoms with Gasteiger partial charge in [-0.15, -0.1) is 0 Å². The standard InChI is InChI=1S/C14H21BrN2O3/c1-5-20-13-11(15)8-10(9-12(13)19-4)14(18)16-6-7-17(2)3/h8-9H,5-7H2,1-4H3,(H,16,18)/p+1. The highest BCUT2D eigenvalue weighted by Crippen LogP contribution is 2.36. The lowest BCUT2D eigenvalue weighted by atomic mass is 10.2. The minimum atomic E-state index is -0.117. The third kappa shape index (κ3) is 4.68. The predicted molar refractivity (Wildman–Crippen MR) is 81.9 cm³/mol. The molecule has 0 aliphatic heterocycles. The Kier molecular flexibility index (Phi) is 6.81. The third-order valence-corrected chi connectivity index (χ3v) is 3.28. The first-order valence-electron chi connectivity index (χ1n) is 6.57. The molecule has 0 aliphatic carbocycles. The molecule has 0 radical (unpaired) electrons. The van der Waals surface area contributed by atoms with E-state index in [1.165, 1.54) is 4.90 Å². The Balaban J connectivity index is 2.85. The Hall–Kier alpha value is -1.27. The summed E-state index contributed by atoms with van der Waals surface area (Å²) in [5, 5.41) is 2.88. The quantitative estimate of drug-likeness (QED) is 0.766. The van der Waals surface area contributed by atoms with Gasteiger partial charge >= 0.3 is 0 Å². The Labute approximate surface area is 128 Å². The number of nitrogens with one attached hydrogen (secondary N) is 2. The van der Waals surface area contributed by atoms with Crippen molar-refractivity contribution in [1.82, 2.24) is 5.32 Å². The number of quaternary nitrogens is 1. The number of amides is 1. The van der Waals surface area contributed by atoms with Crippen LogP contribution in [0, 0.1) is 0 Å². The van der Waals surface area contributed by atoms with Crippen LogP contribution in [-0.2, 0) is 0 Å². The number of rotatable bonds is 7. The smallest absolute Gasteiger partial charge is 0.251 e. The van der Waals surface area contributed by atoms with Crippen molar-refractivity contribution >= 4 is 21.8 Å². The van der Waals surface area contributed by atoms with Gasteiger partial charge < -0.3 is 19.7 Å². The van der Waals surface area contributed by atoms with Crippen molar-refractivity contribution in [2.45, 2.75) is 6.92 Å². The number of benzene rings is 1. The lowest BCUT2D eigenvalue weighted by molar-refractivity contribution is -0.856. The van der Waals surface area contributed by atoms with Gasteiger partial charge in [0, 0.05) is 5.56 Å². The van der Waals surface area contributed by atoms with E-state index in [2.05, 4.69) is 21.2 Å². The molecule has 2 N–H and O–H groups in total. The Morgan fingerprint density at radius 1 is 1.40 bits per heavy atom. The number of methoxy groups -OCH3 is 1. The second kappa shape index (κ2) is 8.11. The van der Waals surface area contributed by atoms with Crippen LogP contribution in [0.1, 0.15) is 17.3 Å². The van der Waals surface area contributed by atoms with Gasteiger partial charge in [-0.05, 0) is 35.0 Å². The summed E-state index contributed by atoms with van der Waals surface area (Å²) < 4.78 is 11.5. The van der Waals surface area contributed by atoms with Gasteiger partial charge in [0.15, 0.2) is 11.5 Å². The van der Waals surface area contributed by atoms with Gasteiger partial charge in [0.25, 0.3) is 5.91 Å². The molecule has 0 spiro atoms. The molecule has 1 aromatic carbocycles. The zero-order valence-corrected chi connectivity index (χ0v) is 14.0. The summed E-state index contributed by atoms with van der Waals surface area (Å²) >= 11 is 3.41. The second-order valence-corrected chi connectivity index (χ2v) is 5.49. The van der Waals surface area contributed by atoms with E-state index in [1.807, 2.05) is 21.0 Å². The molecule has 6 heteroatoms. The van der Waals surface area contributed by atoms with Gasteiger partial charge in [-0.1, -0.05) is 0 Å². The lowest BCUT2D eigenvalue weighted by Crippen LogP contribution is -3.06. The molecular weight excluding hydrogens is 324 g/mol. The highest BCUT2D eigenvalue weighted by molar-refractivity contribution is 9.10. The van der Waals surface area contributed by atoms with E-state index in [0.29, 0.717) is 34.7 Å². The monoisotopic (exact) mass is 345 g/mol. The van der Waals surface area contributed by atoms with Crippen molar-refractivity contribution < 1.29 is 19.2 Å². The topological polar surface area (TPSA) is 52.0 Å². The van der Waals surface area contributed by atoms with Gasteiger partial charge in [0.05, 0.1) is 45.4 Å². The first-order valence-corrected chi connectivity index (χ1v) is 7.36. The number of halogens is 1. The summed E-state index contributed by atoms with van der Waals surface area (Å²) in [7, 11) is 5.65. The summed E-state index contributed by atoms with van der Waals surface area (Å²) in [6.45, 7) is 3.94. The number of carbonyl (C=O) groups excluding carboxylic acids is 1. The highest BCUT2D eigenvalue weighted by Gasteiger charge is 2.15. The number of ether oxygens (including phenoxy) is 2. The molecule has 112 valence electrons. The fraction of sp³-hybridized carbons (Fsp3) is 0.500. The zero-order valence-electron chi connectivity index (χ0n) is 12.4. The Morgan fingerprint density at radius 3 is 2.65 bits per heavy atom. The maximum absolute atomic E-state index is 12.1.